The molecule has 0 saturated carbocycles. The summed E-state index contributed by atoms with van der Waals surface area (Å²) in [5, 5.41) is 0. The molecule has 2 aliphatic rings. The second-order valence-electron chi connectivity index (χ2n) is 7.23. The van der Waals surface area contributed by atoms with E-state index in [-0.39, 0.29) is 13.2 Å². The second-order valence-corrected chi connectivity index (χ2v) is 8.34. The fraction of sp³-hybridized carbons (Fsp3) is 0.429. The van der Waals surface area contributed by atoms with Crippen molar-refractivity contribution in [1.82, 2.24) is 0 Å². The zero-order chi connectivity index (χ0) is 21.8. The third kappa shape index (κ3) is 5.59. The molecule has 0 amide bonds. The second kappa shape index (κ2) is 9.87. The Kier molecular flexibility index (Phi) is 7.18. The molecule has 2 aliphatic heterocycles. The summed E-state index contributed by atoms with van der Waals surface area (Å²) in [7, 11) is -3.98. The van der Waals surface area contributed by atoms with E-state index in [0.29, 0.717) is 0 Å². The highest BCUT2D eigenvalue weighted by Crippen LogP contribution is 2.41. The average molecular weight is 450 g/mol. The summed E-state index contributed by atoms with van der Waals surface area (Å²) < 4.78 is 45.4. The maximum Gasteiger partial charge on any atom is 0.186 e. The molecule has 0 bridgehead atoms. The number of rotatable bonds is 7. The standard InChI is InChI=1S/C21H25O9P/c1-25-21-19(26-12-14-8-4-2-5-9-14)18(30-31(22,23)24)17-16(28-21)13-27-20(29-17)15-10-6-3-7-11-15/h2-11,16-21H,12-13H2,1H3,(H2,22,23,24)/p-2/t16-,17+,18+,19-,20?,21-/m1/s1. The molecule has 0 radical (unpaired) electrons. The van der Waals surface area contributed by atoms with Crippen molar-refractivity contribution in [3.63, 3.8) is 0 Å². The van der Waals surface area contributed by atoms with Crippen molar-refractivity contribution >= 4 is 7.82 Å². The topological polar surface area (TPSA) is 119 Å². The zero-order valence-corrected chi connectivity index (χ0v) is 17.7. The first kappa shape index (κ1) is 22.5. The quantitative estimate of drug-likeness (QED) is 0.575. The Morgan fingerprint density at radius 1 is 1.00 bits per heavy atom. The predicted octanol–water partition coefficient (Wildman–Crippen LogP) is 1.27. The van der Waals surface area contributed by atoms with Gasteiger partial charge < -0.3 is 42.6 Å². The Hall–Kier alpha value is -1.65. The number of ether oxygens (including phenoxy) is 5. The van der Waals surface area contributed by atoms with Crippen LogP contribution in [0.2, 0.25) is 0 Å². The summed E-state index contributed by atoms with van der Waals surface area (Å²) >= 11 is 0. The molecule has 2 saturated heterocycles. The molecule has 1 unspecified atom stereocenters. The Morgan fingerprint density at radius 2 is 1.68 bits per heavy atom. The van der Waals surface area contributed by atoms with E-state index in [0.717, 1.165) is 11.1 Å². The molecule has 0 aromatic heterocycles. The minimum Gasteiger partial charge on any atom is -0.790 e. The molecule has 6 atom stereocenters. The fourth-order valence-corrected chi connectivity index (χ4v) is 4.27. The van der Waals surface area contributed by atoms with E-state index in [1.54, 1.807) is 0 Å². The minimum atomic E-state index is -5.37. The molecule has 2 fully saturated rings. The predicted molar refractivity (Wildman–Crippen MR) is 103 cm³/mol. The Balaban J connectivity index is 1.58. The molecule has 2 aromatic carbocycles. The van der Waals surface area contributed by atoms with E-state index in [2.05, 4.69) is 0 Å². The fourth-order valence-electron chi connectivity index (χ4n) is 3.73. The van der Waals surface area contributed by atoms with Crippen LogP contribution in [0.3, 0.4) is 0 Å². The lowest BCUT2D eigenvalue weighted by atomic mass is 9.97. The van der Waals surface area contributed by atoms with E-state index in [4.69, 9.17) is 28.2 Å². The summed E-state index contributed by atoms with van der Waals surface area (Å²) in [5.41, 5.74) is 1.59. The van der Waals surface area contributed by atoms with Crippen LogP contribution < -0.4 is 9.79 Å². The molecule has 10 heteroatoms. The van der Waals surface area contributed by atoms with Gasteiger partial charge in [-0.05, 0) is 5.56 Å². The van der Waals surface area contributed by atoms with E-state index in [1.165, 1.54) is 7.11 Å². The van der Waals surface area contributed by atoms with Crippen molar-refractivity contribution in [2.45, 2.75) is 43.6 Å². The van der Waals surface area contributed by atoms with Crippen LogP contribution in [0.15, 0.2) is 60.7 Å². The SMILES string of the molecule is CO[C@@H]1O[C@@H]2COC(c3ccccc3)O[C@@H]2[C@H](OP(=O)([O-])[O-])[C@H]1OCc1ccccc1. The van der Waals surface area contributed by atoms with Gasteiger partial charge in [-0.2, -0.15) is 0 Å². The smallest absolute Gasteiger partial charge is 0.186 e. The van der Waals surface area contributed by atoms with Gasteiger partial charge in [-0.15, -0.1) is 0 Å². The van der Waals surface area contributed by atoms with E-state index in [1.807, 2.05) is 60.7 Å². The van der Waals surface area contributed by atoms with Gasteiger partial charge in [-0.1, -0.05) is 60.7 Å². The van der Waals surface area contributed by atoms with E-state index >= 15 is 0 Å². The van der Waals surface area contributed by atoms with Crippen molar-refractivity contribution < 1.29 is 42.6 Å². The summed E-state index contributed by atoms with van der Waals surface area (Å²) in [6.07, 6.45) is -5.70. The van der Waals surface area contributed by atoms with Crippen molar-refractivity contribution in [3.05, 3.63) is 71.8 Å². The highest BCUT2D eigenvalue weighted by Gasteiger charge is 2.52. The molecule has 31 heavy (non-hydrogen) atoms. The van der Waals surface area contributed by atoms with Gasteiger partial charge in [0.2, 0.25) is 0 Å². The molecule has 4 rings (SSSR count). The highest BCUT2D eigenvalue weighted by atomic mass is 31.2. The van der Waals surface area contributed by atoms with Crippen LogP contribution in [0.1, 0.15) is 17.4 Å². The molecule has 0 aliphatic carbocycles. The molecule has 2 heterocycles. The maximum absolute atomic E-state index is 11.6. The van der Waals surface area contributed by atoms with Crippen LogP contribution in [0.5, 0.6) is 0 Å². The van der Waals surface area contributed by atoms with Crippen molar-refractivity contribution in [2.24, 2.45) is 0 Å². The van der Waals surface area contributed by atoms with Gasteiger partial charge in [0.1, 0.15) is 24.4 Å². The normalized spacial score (nSPS) is 31.2. The van der Waals surface area contributed by atoms with Gasteiger partial charge in [0, 0.05) is 12.7 Å². The van der Waals surface area contributed by atoms with Crippen molar-refractivity contribution in [1.29, 1.82) is 0 Å². The number of benzene rings is 2. The Morgan fingerprint density at radius 3 is 2.32 bits per heavy atom. The van der Waals surface area contributed by atoms with Crippen molar-refractivity contribution in [3.8, 4) is 0 Å². The first-order valence-electron chi connectivity index (χ1n) is 9.81. The van der Waals surface area contributed by atoms with Crippen LogP contribution in [-0.4, -0.2) is 44.4 Å². The number of methoxy groups -OCH3 is 1. The van der Waals surface area contributed by atoms with Crippen LogP contribution in [0.4, 0.5) is 0 Å². The monoisotopic (exact) mass is 450 g/mol. The number of phosphoric acid groups is 1. The summed E-state index contributed by atoms with van der Waals surface area (Å²) in [6, 6.07) is 18.4. The van der Waals surface area contributed by atoms with Crippen LogP contribution in [0.25, 0.3) is 0 Å². The van der Waals surface area contributed by atoms with Crippen LogP contribution in [0, 0.1) is 0 Å². The van der Waals surface area contributed by atoms with Crippen LogP contribution >= 0.6 is 7.82 Å². The third-order valence-electron chi connectivity index (χ3n) is 5.12. The van der Waals surface area contributed by atoms with Gasteiger partial charge in [0.15, 0.2) is 12.6 Å². The number of phosphoric ester groups is 1. The average Bonchev–Trinajstić information content (AvgIpc) is 2.78. The van der Waals surface area contributed by atoms with Gasteiger partial charge in [0.05, 0.1) is 21.0 Å². The molecular weight excluding hydrogens is 427 g/mol. The van der Waals surface area contributed by atoms with Gasteiger partial charge in [0.25, 0.3) is 0 Å². The molecular formula is C21H23O9P-2. The molecule has 0 spiro atoms. The molecule has 9 nitrogen and oxygen atoms in total. The summed E-state index contributed by atoms with van der Waals surface area (Å²) in [5.74, 6) is 0. The minimum absolute atomic E-state index is 0.0946. The van der Waals surface area contributed by atoms with Crippen molar-refractivity contribution in [2.75, 3.05) is 13.7 Å². The molecule has 168 valence electrons. The van der Waals surface area contributed by atoms with Gasteiger partial charge in [-0.25, -0.2) is 0 Å². The first-order chi connectivity index (χ1) is 14.9. The number of fused-ring (bicyclic) bond motifs is 1. The lowest BCUT2D eigenvalue weighted by Gasteiger charge is -2.50. The third-order valence-corrected chi connectivity index (χ3v) is 5.63. The molecule has 0 N–H and O–H groups in total. The lowest BCUT2D eigenvalue weighted by molar-refractivity contribution is -0.384. The largest absolute Gasteiger partial charge is 0.790 e. The molecule has 2 aromatic rings. The maximum atomic E-state index is 11.6. The zero-order valence-electron chi connectivity index (χ0n) is 16.8. The van der Waals surface area contributed by atoms with Gasteiger partial charge >= 0.3 is 0 Å². The summed E-state index contributed by atoms with van der Waals surface area (Å²) in [6.45, 7) is 0.226. The van der Waals surface area contributed by atoms with Gasteiger partial charge in [-0.3, -0.25) is 0 Å². The van der Waals surface area contributed by atoms with Crippen LogP contribution in [-0.2, 0) is 39.4 Å². The van der Waals surface area contributed by atoms with E-state index < -0.39 is 44.8 Å². The Bertz CT molecular complexity index is 869. The Labute approximate surface area is 180 Å². The number of hydrogen-bond donors (Lipinski definition) is 0. The highest BCUT2D eigenvalue weighted by molar-refractivity contribution is 7.43. The number of hydrogen-bond acceptors (Lipinski definition) is 9. The lowest BCUT2D eigenvalue weighted by Crippen LogP contribution is -2.63. The summed E-state index contributed by atoms with van der Waals surface area (Å²) in [4.78, 5) is 23.1. The van der Waals surface area contributed by atoms with E-state index in [9.17, 15) is 14.4 Å². The first-order valence-corrected chi connectivity index (χ1v) is 11.3.